The summed E-state index contributed by atoms with van der Waals surface area (Å²) >= 11 is 3.41. The smallest absolute Gasteiger partial charge is 0.269 e. The van der Waals surface area contributed by atoms with Gasteiger partial charge in [-0.25, -0.2) is 0 Å². The molecule has 118 valence electrons. The maximum absolute atomic E-state index is 10.5. The summed E-state index contributed by atoms with van der Waals surface area (Å²) in [6.45, 7) is 2.39. The summed E-state index contributed by atoms with van der Waals surface area (Å²) in [5, 5.41) is 17.1. The lowest BCUT2D eigenvalue weighted by Gasteiger charge is -2.08. The maximum Gasteiger partial charge on any atom is 0.269 e. The second-order valence-electron chi connectivity index (χ2n) is 4.53. The first-order valence-electron chi connectivity index (χ1n) is 6.58. The first kappa shape index (κ1) is 18.4. The van der Waals surface area contributed by atoms with Crippen molar-refractivity contribution in [3.8, 4) is 0 Å². The zero-order chi connectivity index (χ0) is 15.1. The van der Waals surface area contributed by atoms with Gasteiger partial charge in [0.1, 0.15) is 0 Å². The van der Waals surface area contributed by atoms with Gasteiger partial charge in [0.2, 0.25) is 0 Å². The van der Waals surface area contributed by atoms with Crippen LogP contribution in [-0.2, 0) is 6.54 Å². The average Bonchev–Trinajstić information content (AvgIpc) is 2.49. The molecular formula is C15H17BrClN3O2. The molecule has 2 rings (SSSR count). The van der Waals surface area contributed by atoms with Gasteiger partial charge in [0.15, 0.2) is 0 Å². The van der Waals surface area contributed by atoms with Gasteiger partial charge in [0.05, 0.1) is 4.92 Å². The van der Waals surface area contributed by atoms with Crippen LogP contribution in [0, 0.1) is 10.1 Å². The normalized spacial score (nSPS) is 9.86. The van der Waals surface area contributed by atoms with Gasteiger partial charge in [-0.05, 0) is 29.8 Å². The van der Waals surface area contributed by atoms with Gasteiger partial charge in [0, 0.05) is 41.9 Å². The van der Waals surface area contributed by atoms with Crippen LogP contribution < -0.4 is 10.6 Å². The second kappa shape index (κ2) is 9.40. The van der Waals surface area contributed by atoms with E-state index >= 15 is 0 Å². The minimum atomic E-state index is -0.399. The minimum Gasteiger partial charge on any atom is -0.384 e. The van der Waals surface area contributed by atoms with Crippen LogP contribution in [0.15, 0.2) is 53.0 Å². The monoisotopic (exact) mass is 385 g/mol. The quantitative estimate of drug-likeness (QED) is 0.429. The first-order valence-corrected chi connectivity index (χ1v) is 7.38. The van der Waals surface area contributed by atoms with Crippen LogP contribution in [0.1, 0.15) is 5.56 Å². The molecule has 0 amide bonds. The van der Waals surface area contributed by atoms with Gasteiger partial charge in [0.25, 0.3) is 5.69 Å². The van der Waals surface area contributed by atoms with E-state index in [-0.39, 0.29) is 18.1 Å². The molecule has 0 unspecified atom stereocenters. The van der Waals surface area contributed by atoms with Gasteiger partial charge in [-0.3, -0.25) is 10.1 Å². The van der Waals surface area contributed by atoms with Crippen LogP contribution in [0.2, 0.25) is 0 Å². The molecule has 2 aromatic carbocycles. The number of anilines is 1. The topological polar surface area (TPSA) is 67.2 Å². The zero-order valence-corrected chi connectivity index (χ0v) is 14.2. The molecule has 0 aliphatic carbocycles. The molecule has 0 atom stereocenters. The molecule has 0 aromatic heterocycles. The Balaban J connectivity index is 0.00000242. The summed E-state index contributed by atoms with van der Waals surface area (Å²) in [6, 6.07) is 14.6. The van der Waals surface area contributed by atoms with Crippen molar-refractivity contribution in [2.75, 3.05) is 18.4 Å². The van der Waals surface area contributed by atoms with E-state index in [0.717, 1.165) is 29.8 Å². The molecule has 0 heterocycles. The van der Waals surface area contributed by atoms with Crippen LogP contribution in [0.3, 0.4) is 0 Å². The zero-order valence-electron chi connectivity index (χ0n) is 11.8. The third-order valence-corrected chi connectivity index (χ3v) is 3.48. The van der Waals surface area contributed by atoms with Crippen LogP contribution in [0.5, 0.6) is 0 Å². The Bertz CT molecular complexity index is 591. The lowest BCUT2D eigenvalue weighted by Crippen LogP contribution is -2.21. The molecular weight excluding hydrogens is 370 g/mol. The van der Waals surface area contributed by atoms with Gasteiger partial charge in [-0.1, -0.05) is 28.1 Å². The highest BCUT2D eigenvalue weighted by atomic mass is 79.9. The molecule has 7 heteroatoms. The Morgan fingerprint density at radius 1 is 1.00 bits per heavy atom. The third-order valence-electron chi connectivity index (χ3n) is 2.95. The number of halogens is 2. The highest BCUT2D eigenvalue weighted by Crippen LogP contribution is 2.15. The molecule has 0 saturated heterocycles. The molecule has 2 N–H and O–H groups in total. The fourth-order valence-corrected chi connectivity index (χ4v) is 2.10. The number of nitrogens with one attached hydrogen (secondary N) is 2. The molecule has 2 aromatic rings. The van der Waals surface area contributed by atoms with E-state index < -0.39 is 4.92 Å². The number of nitro benzene ring substituents is 1. The number of hydrogen-bond donors (Lipinski definition) is 2. The Hall–Kier alpha value is -1.63. The Morgan fingerprint density at radius 2 is 1.64 bits per heavy atom. The summed E-state index contributed by atoms with van der Waals surface area (Å²) in [7, 11) is 0. The predicted octanol–water partition coefficient (Wildman–Crippen LogP) is 3.98. The summed E-state index contributed by atoms with van der Waals surface area (Å²) in [5.41, 5.74) is 2.22. The number of hydrogen-bond acceptors (Lipinski definition) is 4. The van der Waals surface area contributed by atoms with E-state index in [1.54, 1.807) is 12.1 Å². The number of benzene rings is 2. The van der Waals surface area contributed by atoms with Crippen molar-refractivity contribution in [1.82, 2.24) is 5.32 Å². The molecule has 0 saturated carbocycles. The molecule has 0 spiro atoms. The Kier molecular flexibility index (Phi) is 7.87. The largest absolute Gasteiger partial charge is 0.384 e. The molecule has 0 radical (unpaired) electrons. The second-order valence-corrected chi connectivity index (χ2v) is 5.45. The van der Waals surface area contributed by atoms with Gasteiger partial charge in [-0.15, -0.1) is 12.4 Å². The minimum absolute atomic E-state index is 0. The number of nitro groups is 1. The Labute approximate surface area is 143 Å². The van der Waals surface area contributed by atoms with Crippen LogP contribution in [0.4, 0.5) is 11.4 Å². The van der Waals surface area contributed by atoms with Crippen molar-refractivity contribution < 1.29 is 4.92 Å². The summed E-state index contributed by atoms with van der Waals surface area (Å²) in [4.78, 5) is 10.1. The van der Waals surface area contributed by atoms with Crippen LogP contribution >= 0.6 is 28.3 Å². The van der Waals surface area contributed by atoms with Crippen molar-refractivity contribution in [3.63, 3.8) is 0 Å². The van der Waals surface area contributed by atoms with E-state index in [1.807, 2.05) is 12.1 Å². The summed E-state index contributed by atoms with van der Waals surface area (Å²) < 4.78 is 1.08. The summed E-state index contributed by atoms with van der Waals surface area (Å²) in [5.74, 6) is 0. The molecule has 0 aliphatic rings. The van der Waals surface area contributed by atoms with E-state index in [2.05, 4.69) is 38.7 Å². The van der Waals surface area contributed by atoms with Crippen molar-refractivity contribution in [3.05, 3.63) is 68.7 Å². The van der Waals surface area contributed by atoms with E-state index in [1.165, 1.54) is 17.7 Å². The van der Waals surface area contributed by atoms with Crippen molar-refractivity contribution in [1.29, 1.82) is 0 Å². The van der Waals surface area contributed by atoms with Gasteiger partial charge in [-0.2, -0.15) is 0 Å². The van der Waals surface area contributed by atoms with E-state index in [4.69, 9.17) is 0 Å². The van der Waals surface area contributed by atoms with Crippen LogP contribution in [-0.4, -0.2) is 18.0 Å². The fourth-order valence-electron chi connectivity index (χ4n) is 1.83. The van der Waals surface area contributed by atoms with Crippen molar-refractivity contribution in [2.24, 2.45) is 0 Å². The molecule has 22 heavy (non-hydrogen) atoms. The highest BCUT2D eigenvalue weighted by Gasteiger charge is 2.03. The van der Waals surface area contributed by atoms with E-state index in [9.17, 15) is 10.1 Å². The van der Waals surface area contributed by atoms with E-state index in [0.29, 0.717) is 0 Å². The first-order chi connectivity index (χ1) is 10.1. The lowest BCUT2D eigenvalue weighted by molar-refractivity contribution is -0.384. The molecule has 0 bridgehead atoms. The molecule has 5 nitrogen and oxygen atoms in total. The Morgan fingerprint density at radius 3 is 2.23 bits per heavy atom. The molecule has 0 aliphatic heterocycles. The standard InChI is InChI=1S/C15H16BrN3O2.ClH/c16-13-3-1-12(2-4-13)11-17-9-10-18-14-5-7-15(8-6-14)19(20)21;/h1-8,17-18H,9-11H2;1H. The summed E-state index contributed by atoms with van der Waals surface area (Å²) in [6.07, 6.45) is 0. The third kappa shape index (κ3) is 6.01. The van der Waals surface area contributed by atoms with Crippen molar-refractivity contribution >= 4 is 39.7 Å². The number of rotatable bonds is 7. The SMILES string of the molecule is Cl.O=[N+]([O-])c1ccc(NCCNCc2ccc(Br)cc2)cc1. The maximum atomic E-state index is 10.5. The lowest BCUT2D eigenvalue weighted by atomic mass is 10.2. The fraction of sp³-hybridized carbons (Fsp3) is 0.200. The van der Waals surface area contributed by atoms with Gasteiger partial charge >= 0.3 is 0 Å². The number of nitrogens with zero attached hydrogens (tertiary/aromatic N) is 1. The van der Waals surface area contributed by atoms with Crippen LogP contribution in [0.25, 0.3) is 0 Å². The highest BCUT2D eigenvalue weighted by molar-refractivity contribution is 9.10. The number of non-ortho nitro benzene ring substituents is 1. The average molecular weight is 387 g/mol. The molecule has 0 fully saturated rings. The van der Waals surface area contributed by atoms with Crippen molar-refractivity contribution in [2.45, 2.75) is 6.54 Å². The van der Waals surface area contributed by atoms with Gasteiger partial charge < -0.3 is 10.6 Å². The predicted molar refractivity (Wildman–Crippen MR) is 94.7 cm³/mol.